The number of morpholine rings is 1. The molecule has 2 aromatic carbocycles. The van der Waals surface area contributed by atoms with Crippen molar-refractivity contribution in [1.82, 2.24) is 25.0 Å². The Bertz CT molecular complexity index is 1120. The summed E-state index contributed by atoms with van der Waals surface area (Å²) in [5.74, 6) is 1.72. The number of rotatable bonds is 9. The van der Waals surface area contributed by atoms with Crippen molar-refractivity contribution in [2.75, 3.05) is 45.7 Å². The molecule has 0 unspecified atom stereocenters. The Morgan fingerprint density at radius 2 is 1.77 bits per heavy atom. The number of carbonyl (C=O) groups excluding carboxylic acids is 1. The van der Waals surface area contributed by atoms with Crippen LogP contribution in [0.2, 0.25) is 0 Å². The fraction of sp³-hybridized carbons (Fsp3) is 0.423. The SMILES string of the molecule is COc1ccc(-c2nnc(SCC(=O)NCC(C)(C)N3CCOCC3)n2-c2ccc(C)cc2)cc1. The van der Waals surface area contributed by atoms with Crippen LogP contribution in [0, 0.1) is 6.92 Å². The summed E-state index contributed by atoms with van der Waals surface area (Å²) in [4.78, 5) is 15.1. The lowest BCUT2D eigenvalue weighted by atomic mass is 10.0. The van der Waals surface area contributed by atoms with E-state index in [9.17, 15) is 4.79 Å². The van der Waals surface area contributed by atoms with Crippen LogP contribution in [0.3, 0.4) is 0 Å². The van der Waals surface area contributed by atoms with Gasteiger partial charge >= 0.3 is 0 Å². The zero-order valence-corrected chi connectivity index (χ0v) is 21.6. The molecular formula is C26H33N5O3S. The molecule has 4 rings (SSSR count). The number of benzene rings is 2. The zero-order valence-electron chi connectivity index (χ0n) is 20.8. The third-order valence-electron chi connectivity index (χ3n) is 6.19. The van der Waals surface area contributed by atoms with Gasteiger partial charge in [-0.1, -0.05) is 29.5 Å². The van der Waals surface area contributed by atoms with Gasteiger partial charge < -0.3 is 14.8 Å². The summed E-state index contributed by atoms with van der Waals surface area (Å²) in [5, 5.41) is 12.7. The van der Waals surface area contributed by atoms with E-state index in [0.717, 1.165) is 43.3 Å². The second-order valence-electron chi connectivity index (χ2n) is 9.18. The zero-order chi connectivity index (χ0) is 24.8. The smallest absolute Gasteiger partial charge is 0.230 e. The fourth-order valence-electron chi connectivity index (χ4n) is 3.99. The number of hydrogen-bond donors (Lipinski definition) is 1. The molecule has 186 valence electrons. The van der Waals surface area contributed by atoms with Gasteiger partial charge in [0.15, 0.2) is 11.0 Å². The molecule has 9 heteroatoms. The van der Waals surface area contributed by atoms with Gasteiger partial charge in [0.05, 0.1) is 26.1 Å². The number of hydrogen-bond acceptors (Lipinski definition) is 7. The highest BCUT2D eigenvalue weighted by molar-refractivity contribution is 7.99. The van der Waals surface area contributed by atoms with Gasteiger partial charge in [-0.25, -0.2) is 0 Å². The lowest BCUT2D eigenvalue weighted by Crippen LogP contribution is -2.55. The molecule has 0 saturated carbocycles. The first-order valence-corrected chi connectivity index (χ1v) is 12.7. The average molecular weight is 496 g/mol. The largest absolute Gasteiger partial charge is 0.497 e. The quantitative estimate of drug-likeness (QED) is 0.455. The van der Waals surface area contributed by atoms with Crippen LogP contribution in [0.4, 0.5) is 0 Å². The molecule has 0 atom stereocenters. The van der Waals surface area contributed by atoms with Crippen LogP contribution in [0.1, 0.15) is 19.4 Å². The Morgan fingerprint density at radius 1 is 1.09 bits per heavy atom. The standard InChI is InChI=1S/C26H33N5O3S/c1-19-5-9-21(10-6-19)31-24(20-7-11-22(33-4)12-8-20)28-29-25(31)35-17-23(32)27-18-26(2,3)30-13-15-34-16-14-30/h5-12H,13-18H2,1-4H3,(H,27,32). The maximum atomic E-state index is 12.7. The van der Waals surface area contributed by atoms with Crippen LogP contribution in [-0.4, -0.2) is 76.8 Å². The number of aromatic nitrogens is 3. The highest BCUT2D eigenvalue weighted by atomic mass is 32.2. The van der Waals surface area contributed by atoms with E-state index in [-0.39, 0.29) is 17.2 Å². The lowest BCUT2D eigenvalue weighted by Gasteiger charge is -2.40. The Kier molecular flexibility index (Phi) is 8.10. The minimum atomic E-state index is -0.131. The summed E-state index contributed by atoms with van der Waals surface area (Å²) < 4.78 is 12.7. The summed E-state index contributed by atoms with van der Waals surface area (Å²) in [5.41, 5.74) is 2.91. The number of carbonyl (C=O) groups is 1. The maximum Gasteiger partial charge on any atom is 0.230 e. The average Bonchev–Trinajstić information content (AvgIpc) is 3.31. The van der Waals surface area contributed by atoms with Gasteiger partial charge in [-0.05, 0) is 57.2 Å². The normalized spacial score (nSPS) is 14.6. The predicted molar refractivity (Wildman–Crippen MR) is 138 cm³/mol. The number of amides is 1. The van der Waals surface area contributed by atoms with Crippen molar-refractivity contribution in [3.05, 3.63) is 54.1 Å². The molecule has 1 aromatic heterocycles. The molecule has 1 aliphatic heterocycles. The fourth-order valence-corrected chi connectivity index (χ4v) is 4.78. The Hall–Kier alpha value is -2.88. The predicted octanol–water partition coefficient (Wildman–Crippen LogP) is 3.57. The lowest BCUT2D eigenvalue weighted by molar-refractivity contribution is -0.119. The van der Waals surface area contributed by atoms with Crippen molar-refractivity contribution in [2.45, 2.75) is 31.5 Å². The summed E-state index contributed by atoms with van der Waals surface area (Å²) in [6.45, 7) is 10.2. The van der Waals surface area contributed by atoms with E-state index < -0.39 is 0 Å². The van der Waals surface area contributed by atoms with Crippen LogP contribution in [0.25, 0.3) is 17.1 Å². The van der Waals surface area contributed by atoms with E-state index in [0.29, 0.717) is 17.5 Å². The molecule has 1 fully saturated rings. The van der Waals surface area contributed by atoms with Crippen LogP contribution in [0.5, 0.6) is 5.75 Å². The second-order valence-corrected chi connectivity index (χ2v) is 10.1. The van der Waals surface area contributed by atoms with Gasteiger partial charge in [0.25, 0.3) is 0 Å². The van der Waals surface area contributed by atoms with Crippen LogP contribution in [0.15, 0.2) is 53.7 Å². The van der Waals surface area contributed by atoms with E-state index in [2.05, 4.69) is 53.3 Å². The molecule has 1 saturated heterocycles. The van der Waals surface area contributed by atoms with Crippen LogP contribution < -0.4 is 10.1 Å². The molecule has 0 aliphatic carbocycles. The number of thioether (sulfide) groups is 1. The van der Waals surface area contributed by atoms with Gasteiger partial charge in [0.1, 0.15) is 5.75 Å². The van der Waals surface area contributed by atoms with Crippen molar-refractivity contribution >= 4 is 17.7 Å². The van der Waals surface area contributed by atoms with E-state index in [1.807, 2.05) is 41.0 Å². The molecular weight excluding hydrogens is 462 g/mol. The molecule has 1 aliphatic rings. The Balaban J connectivity index is 1.48. The molecule has 0 spiro atoms. The van der Waals surface area contributed by atoms with E-state index >= 15 is 0 Å². The first-order chi connectivity index (χ1) is 16.9. The van der Waals surface area contributed by atoms with Gasteiger partial charge in [-0.15, -0.1) is 10.2 Å². The topological polar surface area (TPSA) is 81.5 Å². The van der Waals surface area contributed by atoms with Crippen molar-refractivity contribution in [3.8, 4) is 22.8 Å². The van der Waals surface area contributed by atoms with Gasteiger partial charge in [-0.3, -0.25) is 14.3 Å². The molecule has 2 heterocycles. The summed E-state index contributed by atoms with van der Waals surface area (Å²) >= 11 is 1.38. The third-order valence-corrected chi connectivity index (χ3v) is 7.12. The van der Waals surface area contributed by atoms with E-state index in [1.54, 1.807) is 7.11 Å². The minimum Gasteiger partial charge on any atom is -0.497 e. The molecule has 1 amide bonds. The molecule has 35 heavy (non-hydrogen) atoms. The minimum absolute atomic E-state index is 0.0270. The Labute approximate surface area is 211 Å². The first kappa shape index (κ1) is 25.2. The highest BCUT2D eigenvalue weighted by Gasteiger charge is 2.28. The second kappa shape index (κ2) is 11.2. The third kappa shape index (κ3) is 6.22. The molecule has 3 aromatic rings. The van der Waals surface area contributed by atoms with Gasteiger partial charge in [0, 0.05) is 36.4 Å². The monoisotopic (exact) mass is 495 g/mol. The summed E-state index contributed by atoms with van der Waals surface area (Å²) in [6, 6.07) is 15.9. The molecule has 0 bridgehead atoms. The van der Waals surface area contributed by atoms with Crippen molar-refractivity contribution in [2.24, 2.45) is 0 Å². The van der Waals surface area contributed by atoms with Crippen LogP contribution in [-0.2, 0) is 9.53 Å². The Morgan fingerprint density at radius 3 is 2.43 bits per heavy atom. The van der Waals surface area contributed by atoms with Crippen molar-refractivity contribution in [3.63, 3.8) is 0 Å². The number of nitrogens with one attached hydrogen (secondary N) is 1. The number of methoxy groups -OCH3 is 1. The maximum absolute atomic E-state index is 12.7. The number of aryl methyl sites for hydroxylation is 1. The van der Waals surface area contributed by atoms with Crippen molar-refractivity contribution < 1.29 is 14.3 Å². The van der Waals surface area contributed by atoms with Crippen molar-refractivity contribution in [1.29, 1.82) is 0 Å². The summed E-state index contributed by atoms with van der Waals surface area (Å²) in [6.07, 6.45) is 0. The van der Waals surface area contributed by atoms with E-state index in [1.165, 1.54) is 17.3 Å². The van der Waals surface area contributed by atoms with E-state index in [4.69, 9.17) is 9.47 Å². The summed E-state index contributed by atoms with van der Waals surface area (Å²) in [7, 11) is 1.64. The number of nitrogens with zero attached hydrogens (tertiary/aromatic N) is 4. The highest BCUT2D eigenvalue weighted by Crippen LogP contribution is 2.29. The van der Waals surface area contributed by atoms with Gasteiger partial charge in [0.2, 0.25) is 5.91 Å². The molecule has 1 N–H and O–H groups in total. The first-order valence-electron chi connectivity index (χ1n) is 11.8. The van der Waals surface area contributed by atoms with Crippen LogP contribution >= 0.6 is 11.8 Å². The molecule has 0 radical (unpaired) electrons. The van der Waals surface area contributed by atoms with Gasteiger partial charge in [-0.2, -0.15) is 0 Å². The number of ether oxygens (including phenoxy) is 2. The molecule has 8 nitrogen and oxygen atoms in total.